The average molecular weight is 300 g/mol. The molecule has 3 nitrogen and oxygen atoms in total. The number of hydrogen-bond acceptors (Lipinski definition) is 2. The van der Waals surface area contributed by atoms with Crippen LogP contribution < -0.4 is 5.32 Å². The monoisotopic (exact) mass is 300 g/mol. The van der Waals surface area contributed by atoms with E-state index >= 15 is 0 Å². The molecule has 6 heteroatoms. The zero-order valence-electron chi connectivity index (χ0n) is 11.7. The Hall–Kier alpha value is -1.56. The number of amides is 1. The van der Waals surface area contributed by atoms with Gasteiger partial charge in [0.2, 0.25) is 5.91 Å². The van der Waals surface area contributed by atoms with Gasteiger partial charge in [-0.05, 0) is 24.9 Å². The van der Waals surface area contributed by atoms with Crippen LogP contribution in [0, 0.1) is 0 Å². The van der Waals surface area contributed by atoms with E-state index in [1.54, 1.807) is 30.3 Å². The van der Waals surface area contributed by atoms with E-state index in [9.17, 15) is 18.0 Å². The first-order valence-electron chi connectivity index (χ1n) is 7.08. The summed E-state index contributed by atoms with van der Waals surface area (Å²) < 4.78 is 38.2. The summed E-state index contributed by atoms with van der Waals surface area (Å²) in [5, 5.41) is 3.01. The maximum Gasteiger partial charge on any atom is 0.406 e. The largest absolute Gasteiger partial charge is 0.406 e. The first-order valence-corrected chi connectivity index (χ1v) is 7.08. The molecule has 1 heterocycles. The van der Waals surface area contributed by atoms with Crippen LogP contribution in [0.1, 0.15) is 24.8 Å². The van der Waals surface area contributed by atoms with Crippen molar-refractivity contribution < 1.29 is 18.0 Å². The van der Waals surface area contributed by atoms with Crippen LogP contribution in [0.15, 0.2) is 30.3 Å². The standard InChI is InChI=1S/C15H19F3N2O/c16-15(17,18)11-20(10-12-6-2-1-3-7-12)14(21)13-8-4-5-9-19-13/h1-3,6-7,13,19H,4-5,8-11H2/t13-/m0/s1. The second-order valence-corrected chi connectivity index (χ2v) is 5.30. The van der Waals surface area contributed by atoms with Crippen LogP contribution in [-0.2, 0) is 11.3 Å². The van der Waals surface area contributed by atoms with Gasteiger partial charge in [-0.1, -0.05) is 36.8 Å². The molecule has 0 saturated carbocycles. The van der Waals surface area contributed by atoms with E-state index in [0.717, 1.165) is 17.7 Å². The third-order valence-corrected chi connectivity index (χ3v) is 3.51. The highest BCUT2D eigenvalue weighted by Crippen LogP contribution is 2.20. The molecule has 0 unspecified atom stereocenters. The number of nitrogens with one attached hydrogen (secondary N) is 1. The Morgan fingerprint density at radius 3 is 2.52 bits per heavy atom. The van der Waals surface area contributed by atoms with Gasteiger partial charge < -0.3 is 10.2 Å². The number of carbonyl (C=O) groups is 1. The summed E-state index contributed by atoms with van der Waals surface area (Å²) in [5.74, 6) is -0.462. The fourth-order valence-electron chi connectivity index (χ4n) is 2.51. The summed E-state index contributed by atoms with van der Waals surface area (Å²) in [6.45, 7) is -0.544. The maximum atomic E-state index is 12.7. The molecule has 2 rings (SSSR count). The maximum absolute atomic E-state index is 12.7. The normalized spacial score (nSPS) is 19.3. The molecule has 1 aliphatic heterocycles. The Morgan fingerprint density at radius 1 is 1.24 bits per heavy atom. The number of carbonyl (C=O) groups excluding carboxylic acids is 1. The Balaban J connectivity index is 2.09. The summed E-state index contributed by atoms with van der Waals surface area (Å²) in [6, 6.07) is 8.26. The van der Waals surface area contributed by atoms with Crippen LogP contribution in [0.25, 0.3) is 0 Å². The molecule has 0 radical (unpaired) electrons. The zero-order chi connectivity index (χ0) is 15.3. The highest BCUT2D eigenvalue weighted by Gasteiger charge is 2.35. The fraction of sp³-hybridized carbons (Fsp3) is 0.533. The summed E-state index contributed by atoms with van der Waals surface area (Å²) in [4.78, 5) is 13.2. The van der Waals surface area contributed by atoms with Crippen LogP contribution in [0.2, 0.25) is 0 Å². The van der Waals surface area contributed by atoms with Crippen molar-refractivity contribution in [3.8, 4) is 0 Å². The zero-order valence-corrected chi connectivity index (χ0v) is 11.7. The molecule has 1 fully saturated rings. The first-order chi connectivity index (χ1) is 9.96. The van der Waals surface area contributed by atoms with Gasteiger partial charge in [-0.25, -0.2) is 0 Å². The number of nitrogens with zero attached hydrogens (tertiary/aromatic N) is 1. The van der Waals surface area contributed by atoms with Crippen LogP contribution in [-0.4, -0.2) is 36.1 Å². The van der Waals surface area contributed by atoms with Crippen molar-refractivity contribution in [2.24, 2.45) is 0 Å². The Kier molecular flexibility index (Phi) is 5.22. The average Bonchev–Trinajstić information content (AvgIpc) is 2.46. The third-order valence-electron chi connectivity index (χ3n) is 3.51. The van der Waals surface area contributed by atoms with Gasteiger partial charge >= 0.3 is 6.18 Å². The molecule has 21 heavy (non-hydrogen) atoms. The quantitative estimate of drug-likeness (QED) is 0.927. The van der Waals surface area contributed by atoms with Gasteiger partial charge in [0.1, 0.15) is 6.54 Å². The van der Waals surface area contributed by atoms with Crippen LogP contribution in [0.5, 0.6) is 0 Å². The first kappa shape index (κ1) is 15.8. The van der Waals surface area contributed by atoms with Crippen LogP contribution in [0.4, 0.5) is 13.2 Å². The fourth-order valence-corrected chi connectivity index (χ4v) is 2.51. The molecular weight excluding hydrogens is 281 g/mol. The molecule has 1 amide bonds. The Labute approximate surface area is 122 Å². The van der Waals surface area contributed by atoms with Gasteiger partial charge in [0.05, 0.1) is 6.04 Å². The molecule has 1 aromatic carbocycles. The predicted octanol–water partition coefficient (Wildman–Crippen LogP) is 2.72. The van der Waals surface area contributed by atoms with Crippen LogP contribution >= 0.6 is 0 Å². The molecule has 1 saturated heterocycles. The van der Waals surface area contributed by atoms with E-state index in [-0.39, 0.29) is 6.54 Å². The third kappa shape index (κ3) is 5.04. The van der Waals surface area contributed by atoms with E-state index in [1.807, 2.05) is 0 Å². The van der Waals surface area contributed by atoms with Crippen molar-refractivity contribution in [2.75, 3.05) is 13.1 Å². The van der Waals surface area contributed by atoms with Crippen molar-refractivity contribution in [1.82, 2.24) is 10.2 Å². The van der Waals surface area contributed by atoms with Crippen molar-refractivity contribution in [2.45, 2.75) is 38.0 Å². The van der Waals surface area contributed by atoms with Gasteiger partial charge in [0, 0.05) is 6.54 Å². The number of benzene rings is 1. The molecule has 116 valence electrons. The molecule has 0 spiro atoms. The molecular formula is C15H19F3N2O. The number of hydrogen-bond donors (Lipinski definition) is 1. The molecule has 1 aromatic rings. The highest BCUT2D eigenvalue weighted by molar-refractivity contribution is 5.82. The predicted molar refractivity (Wildman–Crippen MR) is 73.6 cm³/mol. The number of piperidine rings is 1. The van der Waals surface area contributed by atoms with E-state index in [2.05, 4.69) is 5.32 Å². The van der Waals surface area contributed by atoms with Gasteiger partial charge in [0.25, 0.3) is 0 Å². The molecule has 0 aliphatic carbocycles. The lowest BCUT2D eigenvalue weighted by Crippen LogP contribution is -2.50. The van der Waals surface area contributed by atoms with Crippen molar-refractivity contribution in [3.05, 3.63) is 35.9 Å². The Bertz CT molecular complexity index is 456. The summed E-state index contributed by atoms with van der Waals surface area (Å²) >= 11 is 0. The summed E-state index contributed by atoms with van der Waals surface area (Å²) in [6.07, 6.45) is -1.96. The minimum absolute atomic E-state index is 0.0165. The molecule has 1 atom stereocenters. The van der Waals surface area contributed by atoms with Gasteiger partial charge in [-0.15, -0.1) is 0 Å². The summed E-state index contributed by atoms with van der Waals surface area (Å²) in [7, 11) is 0. The summed E-state index contributed by atoms with van der Waals surface area (Å²) in [5.41, 5.74) is 0.700. The molecule has 0 bridgehead atoms. The number of halogens is 3. The van der Waals surface area contributed by atoms with E-state index in [4.69, 9.17) is 0 Å². The van der Waals surface area contributed by atoms with Crippen molar-refractivity contribution in [1.29, 1.82) is 0 Å². The minimum Gasteiger partial charge on any atom is -0.328 e. The molecule has 1 aliphatic rings. The molecule has 1 N–H and O–H groups in total. The van der Waals surface area contributed by atoms with Gasteiger partial charge in [-0.2, -0.15) is 13.2 Å². The number of alkyl halides is 3. The van der Waals surface area contributed by atoms with Crippen molar-refractivity contribution >= 4 is 5.91 Å². The lowest BCUT2D eigenvalue weighted by molar-refractivity contribution is -0.164. The minimum atomic E-state index is -4.39. The SMILES string of the molecule is O=C([C@@H]1CCCCN1)N(Cc1ccccc1)CC(F)(F)F. The van der Waals surface area contributed by atoms with E-state index < -0.39 is 24.7 Å². The van der Waals surface area contributed by atoms with Crippen LogP contribution in [0.3, 0.4) is 0 Å². The topological polar surface area (TPSA) is 32.3 Å². The van der Waals surface area contributed by atoms with E-state index in [1.165, 1.54) is 0 Å². The van der Waals surface area contributed by atoms with Gasteiger partial charge in [-0.3, -0.25) is 4.79 Å². The lowest BCUT2D eigenvalue weighted by Gasteiger charge is -2.30. The lowest BCUT2D eigenvalue weighted by atomic mass is 10.0. The second kappa shape index (κ2) is 6.93. The van der Waals surface area contributed by atoms with Gasteiger partial charge in [0.15, 0.2) is 0 Å². The van der Waals surface area contributed by atoms with Crippen molar-refractivity contribution in [3.63, 3.8) is 0 Å². The molecule has 0 aromatic heterocycles. The number of rotatable bonds is 4. The highest BCUT2D eigenvalue weighted by atomic mass is 19.4. The smallest absolute Gasteiger partial charge is 0.328 e. The Morgan fingerprint density at radius 2 is 1.95 bits per heavy atom. The van der Waals surface area contributed by atoms with E-state index in [0.29, 0.717) is 18.5 Å². The second-order valence-electron chi connectivity index (χ2n) is 5.30.